The van der Waals surface area contributed by atoms with Gasteiger partial charge in [0, 0.05) is 35.6 Å². The molecule has 2 aromatic rings. The SMILES string of the molecule is CN(C[SH](=O)=O)c1ncc(-c2cc(Cl)ccc2O)cn1. The lowest BCUT2D eigenvalue weighted by Crippen LogP contribution is -2.21. The molecular weight excluding hydrogens is 302 g/mol. The van der Waals surface area contributed by atoms with E-state index in [1.54, 1.807) is 19.2 Å². The van der Waals surface area contributed by atoms with Crippen LogP contribution < -0.4 is 4.90 Å². The van der Waals surface area contributed by atoms with Crippen molar-refractivity contribution in [2.24, 2.45) is 0 Å². The van der Waals surface area contributed by atoms with Gasteiger partial charge in [0.05, 0.1) is 0 Å². The van der Waals surface area contributed by atoms with E-state index in [2.05, 4.69) is 9.97 Å². The molecule has 0 amide bonds. The number of thiol groups is 1. The van der Waals surface area contributed by atoms with Gasteiger partial charge in [-0.05, 0) is 18.2 Å². The number of phenols is 1. The standard InChI is InChI=1S/C12H12ClN3O3S/c1-16(7-20(18)19)12-14-5-8(6-15-12)10-4-9(13)2-3-11(10)17/h2-6,17,20H,7H2,1H3. The first-order valence-electron chi connectivity index (χ1n) is 5.61. The highest BCUT2D eigenvalue weighted by Gasteiger charge is 2.09. The molecule has 0 unspecified atom stereocenters. The van der Waals surface area contributed by atoms with Gasteiger partial charge in [-0.15, -0.1) is 0 Å². The highest BCUT2D eigenvalue weighted by molar-refractivity contribution is 7.72. The largest absolute Gasteiger partial charge is 0.507 e. The van der Waals surface area contributed by atoms with Crippen molar-refractivity contribution in [3.63, 3.8) is 0 Å². The van der Waals surface area contributed by atoms with Gasteiger partial charge >= 0.3 is 0 Å². The fourth-order valence-electron chi connectivity index (χ4n) is 1.63. The molecule has 1 heterocycles. The van der Waals surface area contributed by atoms with Crippen LogP contribution in [0.5, 0.6) is 5.75 Å². The van der Waals surface area contributed by atoms with Gasteiger partial charge in [-0.3, -0.25) is 0 Å². The van der Waals surface area contributed by atoms with E-state index < -0.39 is 10.7 Å². The number of hydrogen-bond donors (Lipinski definition) is 2. The number of anilines is 1. The normalized spacial score (nSPS) is 10.8. The number of nitrogens with zero attached hydrogens (tertiary/aromatic N) is 3. The van der Waals surface area contributed by atoms with Gasteiger partial charge in [-0.25, -0.2) is 18.4 Å². The fraction of sp³-hybridized carbons (Fsp3) is 0.167. The monoisotopic (exact) mass is 313 g/mol. The molecule has 1 N–H and O–H groups in total. The number of halogens is 1. The zero-order chi connectivity index (χ0) is 14.7. The Kier molecular flexibility index (Phi) is 4.41. The van der Waals surface area contributed by atoms with Crippen molar-refractivity contribution in [3.8, 4) is 16.9 Å². The number of hydrogen-bond acceptors (Lipinski definition) is 6. The Hall–Kier alpha value is -1.86. The Balaban J connectivity index is 2.30. The summed E-state index contributed by atoms with van der Waals surface area (Å²) in [7, 11) is -0.956. The summed E-state index contributed by atoms with van der Waals surface area (Å²) < 4.78 is 21.3. The smallest absolute Gasteiger partial charge is 0.225 e. The van der Waals surface area contributed by atoms with Crippen molar-refractivity contribution < 1.29 is 13.5 Å². The van der Waals surface area contributed by atoms with Crippen molar-refractivity contribution in [1.82, 2.24) is 9.97 Å². The second-order valence-electron chi connectivity index (χ2n) is 4.11. The minimum Gasteiger partial charge on any atom is -0.507 e. The van der Waals surface area contributed by atoms with Crippen LogP contribution >= 0.6 is 11.6 Å². The van der Waals surface area contributed by atoms with Crippen LogP contribution in [-0.2, 0) is 10.7 Å². The Morgan fingerprint density at radius 3 is 2.55 bits per heavy atom. The summed E-state index contributed by atoms with van der Waals surface area (Å²) in [6.07, 6.45) is 3.00. The van der Waals surface area contributed by atoms with Crippen LogP contribution in [0.4, 0.5) is 5.95 Å². The van der Waals surface area contributed by atoms with E-state index in [0.717, 1.165) is 0 Å². The molecule has 0 aliphatic rings. The third-order valence-corrected chi connectivity index (χ3v) is 3.47. The summed E-state index contributed by atoms with van der Waals surface area (Å²) in [6, 6.07) is 4.67. The van der Waals surface area contributed by atoms with Crippen molar-refractivity contribution in [2.45, 2.75) is 0 Å². The topological polar surface area (TPSA) is 83.4 Å². The van der Waals surface area contributed by atoms with Crippen molar-refractivity contribution in [2.75, 3.05) is 17.8 Å². The summed E-state index contributed by atoms with van der Waals surface area (Å²) in [5, 5.41) is 10.3. The summed E-state index contributed by atoms with van der Waals surface area (Å²) in [5.41, 5.74) is 1.11. The van der Waals surface area contributed by atoms with E-state index in [4.69, 9.17) is 11.6 Å². The van der Waals surface area contributed by atoms with Gasteiger partial charge < -0.3 is 10.0 Å². The van der Waals surface area contributed by atoms with Crippen molar-refractivity contribution in [3.05, 3.63) is 35.6 Å². The lowest BCUT2D eigenvalue weighted by atomic mass is 10.1. The molecule has 2 rings (SSSR count). The third-order valence-electron chi connectivity index (χ3n) is 2.58. The van der Waals surface area contributed by atoms with Gasteiger partial charge in [0.1, 0.15) is 11.6 Å². The second-order valence-corrected chi connectivity index (χ2v) is 5.49. The average Bonchev–Trinajstić information content (AvgIpc) is 2.41. The quantitative estimate of drug-likeness (QED) is 0.832. The molecule has 8 heteroatoms. The zero-order valence-electron chi connectivity index (χ0n) is 10.5. The molecule has 0 aliphatic heterocycles. The number of benzene rings is 1. The average molecular weight is 314 g/mol. The summed E-state index contributed by atoms with van der Waals surface area (Å²) >= 11 is 5.88. The third kappa shape index (κ3) is 3.37. The van der Waals surface area contributed by atoms with Crippen LogP contribution in [0.3, 0.4) is 0 Å². The molecule has 0 saturated carbocycles. The fourth-order valence-corrected chi connectivity index (χ4v) is 2.28. The van der Waals surface area contributed by atoms with Crippen molar-refractivity contribution in [1.29, 1.82) is 0 Å². The number of aromatic hydroxyl groups is 1. The molecule has 106 valence electrons. The first-order chi connectivity index (χ1) is 9.47. The molecule has 20 heavy (non-hydrogen) atoms. The Morgan fingerprint density at radius 2 is 1.95 bits per heavy atom. The Bertz CT molecular complexity index is 681. The molecule has 0 fully saturated rings. The zero-order valence-corrected chi connectivity index (χ0v) is 12.2. The van der Waals surface area contributed by atoms with Gasteiger partial charge in [-0.1, -0.05) is 11.6 Å². The van der Waals surface area contributed by atoms with Crippen LogP contribution in [0.25, 0.3) is 11.1 Å². The minimum absolute atomic E-state index is 0.0711. The summed E-state index contributed by atoms with van der Waals surface area (Å²) in [6.45, 7) is 0. The van der Waals surface area contributed by atoms with Gasteiger partial charge in [-0.2, -0.15) is 0 Å². The first kappa shape index (κ1) is 14.5. The van der Waals surface area contributed by atoms with E-state index >= 15 is 0 Å². The van der Waals surface area contributed by atoms with Crippen LogP contribution in [0.2, 0.25) is 5.02 Å². The number of aromatic nitrogens is 2. The van der Waals surface area contributed by atoms with Crippen LogP contribution in [-0.4, -0.2) is 36.4 Å². The van der Waals surface area contributed by atoms with E-state index in [9.17, 15) is 13.5 Å². The maximum absolute atomic E-state index is 10.6. The maximum atomic E-state index is 10.6. The molecule has 1 aromatic carbocycles. The van der Waals surface area contributed by atoms with Crippen LogP contribution in [0.15, 0.2) is 30.6 Å². The van der Waals surface area contributed by atoms with Gasteiger partial charge in [0.15, 0.2) is 10.7 Å². The highest BCUT2D eigenvalue weighted by Crippen LogP contribution is 2.31. The highest BCUT2D eigenvalue weighted by atomic mass is 35.5. The predicted molar refractivity (Wildman–Crippen MR) is 77.7 cm³/mol. The molecule has 6 nitrogen and oxygen atoms in total. The second kappa shape index (κ2) is 6.06. The Morgan fingerprint density at radius 1 is 1.30 bits per heavy atom. The van der Waals surface area contributed by atoms with Crippen LogP contribution in [0.1, 0.15) is 0 Å². The van der Waals surface area contributed by atoms with E-state index in [1.807, 2.05) is 0 Å². The van der Waals surface area contributed by atoms with Crippen LogP contribution in [0, 0.1) is 0 Å². The van der Waals surface area contributed by atoms with E-state index in [1.165, 1.54) is 23.4 Å². The van der Waals surface area contributed by atoms with Crippen molar-refractivity contribution >= 4 is 28.3 Å². The molecule has 0 aliphatic carbocycles. The molecule has 0 saturated heterocycles. The maximum Gasteiger partial charge on any atom is 0.225 e. The summed E-state index contributed by atoms with van der Waals surface area (Å²) in [5.74, 6) is 0.202. The molecule has 0 bridgehead atoms. The number of rotatable bonds is 4. The molecule has 0 spiro atoms. The van der Waals surface area contributed by atoms with Gasteiger partial charge in [0.25, 0.3) is 0 Å². The molecule has 0 atom stereocenters. The molecule has 1 aromatic heterocycles. The minimum atomic E-state index is -2.54. The summed E-state index contributed by atoms with van der Waals surface area (Å²) in [4.78, 5) is 9.55. The lowest BCUT2D eigenvalue weighted by Gasteiger charge is -2.13. The first-order valence-corrected chi connectivity index (χ1v) is 7.35. The predicted octanol–water partition coefficient (Wildman–Crippen LogP) is 1.51. The van der Waals surface area contributed by atoms with E-state index in [-0.39, 0.29) is 17.6 Å². The van der Waals surface area contributed by atoms with Gasteiger partial charge in [0.2, 0.25) is 5.95 Å². The number of phenolic OH excluding ortho intramolecular Hbond substituents is 1. The van der Waals surface area contributed by atoms with E-state index in [0.29, 0.717) is 16.1 Å². The Labute approximate surface area is 122 Å². The molecular formula is C12H12ClN3O3S. The molecule has 0 radical (unpaired) electrons. The lowest BCUT2D eigenvalue weighted by molar-refractivity contribution is 0.477.